The van der Waals surface area contributed by atoms with Gasteiger partial charge in [0, 0.05) is 13.2 Å². The Balaban J connectivity index is 2.26. The first-order valence-electron chi connectivity index (χ1n) is 4.72. The molecule has 0 saturated heterocycles. The number of hydrogen-bond donors (Lipinski definition) is 1. The first-order chi connectivity index (χ1) is 6.85. The van der Waals surface area contributed by atoms with E-state index in [2.05, 4.69) is 10.3 Å². The van der Waals surface area contributed by atoms with Gasteiger partial charge in [-0.15, -0.1) is 11.8 Å². The quantitative estimate of drug-likeness (QED) is 0.774. The number of thioether (sulfide) groups is 1. The zero-order chi connectivity index (χ0) is 9.97. The second-order valence-electron chi connectivity index (χ2n) is 3.26. The largest absolute Gasteiger partial charge is 0.489 e. The molecule has 3 nitrogen and oxygen atoms in total. The molecule has 0 aromatic carbocycles. The highest BCUT2D eigenvalue weighted by Crippen LogP contribution is 2.36. The molecule has 0 radical (unpaired) electrons. The zero-order valence-corrected chi connectivity index (χ0v) is 9.23. The lowest BCUT2D eigenvalue weighted by Gasteiger charge is -2.11. The molecule has 1 aliphatic carbocycles. The van der Waals surface area contributed by atoms with Gasteiger partial charge < -0.3 is 10.1 Å². The molecule has 1 aliphatic rings. The predicted molar refractivity (Wildman–Crippen MR) is 59.2 cm³/mol. The van der Waals surface area contributed by atoms with Crippen LogP contribution in [0.4, 0.5) is 5.82 Å². The molecule has 1 N–H and O–H groups in total. The molecule has 1 saturated carbocycles. The maximum atomic E-state index is 5.79. The van der Waals surface area contributed by atoms with Gasteiger partial charge in [-0.3, -0.25) is 0 Å². The van der Waals surface area contributed by atoms with Crippen LogP contribution >= 0.6 is 11.8 Å². The van der Waals surface area contributed by atoms with Crippen LogP contribution in [0, 0.1) is 0 Å². The zero-order valence-electron chi connectivity index (χ0n) is 8.41. The topological polar surface area (TPSA) is 34.2 Å². The average Bonchev–Trinajstić information content (AvgIpc) is 3.01. The molecule has 0 bridgehead atoms. The molecule has 1 aromatic heterocycles. The summed E-state index contributed by atoms with van der Waals surface area (Å²) in [5, 5.41) is 3.07. The minimum atomic E-state index is 0.438. The maximum absolute atomic E-state index is 5.79. The second-order valence-corrected chi connectivity index (χ2v) is 4.07. The fourth-order valence-corrected chi connectivity index (χ4v) is 1.93. The van der Waals surface area contributed by atoms with Crippen LogP contribution in [0.5, 0.6) is 5.75 Å². The highest BCUT2D eigenvalue weighted by Gasteiger charge is 2.25. The molecule has 1 aromatic rings. The lowest BCUT2D eigenvalue weighted by atomic mass is 10.4. The van der Waals surface area contributed by atoms with Crippen LogP contribution in [0.2, 0.25) is 0 Å². The highest BCUT2D eigenvalue weighted by molar-refractivity contribution is 7.98. The monoisotopic (exact) mass is 210 g/mol. The van der Waals surface area contributed by atoms with Gasteiger partial charge in [-0.05, 0) is 25.2 Å². The Bertz CT molecular complexity index is 326. The third kappa shape index (κ3) is 1.95. The highest BCUT2D eigenvalue weighted by atomic mass is 32.2. The van der Waals surface area contributed by atoms with E-state index < -0.39 is 0 Å². The van der Waals surface area contributed by atoms with E-state index in [-0.39, 0.29) is 0 Å². The van der Waals surface area contributed by atoms with E-state index in [1.807, 2.05) is 19.4 Å². The summed E-state index contributed by atoms with van der Waals surface area (Å²) in [5.74, 6) is 1.86. The minimum Gasteiger partial charge on any atom is -0.489 e. The van der Waals surface area contributed by atoms with Gasteiger partial charge in [-0.2, -0.15) is 0 Å². The lowest BCUT2D eigenvalue weighted by molar-refractivity contribution is 0.296. The van der Waals surface area contributed by atoms with Crippen molar-refractivity contribution in [1.29, 1.82) is 0 Å². The van der Waals surface area contributed by atoms with Gasteiger partial charge in [0.05, 0.1) is 11.0 Å². The van der Waals surface area contributed by atoms with Gasteiger partial charge in [0.2, 0.25) is 0 Å². The molecular weight excluding hydrogens is 196 g/mol. The predicted octanol–water partition coefficient (Wildman–Crippen LogP) is 2.39. The van der Waals surface area contributed by atoms with Crippen molar-refractivity contribution in [3.63, 3.8) is 0 Å². The van der Waals surface area contributed by atoms with E-state index in [9.17, 15) is 0 Å². The maximum Gasteiger partial charge on any atom is 0.143 e. The molecule has 14 heavy (non-hydrogen) atoms. The molecule has 1 heterocycles. The lowest BCUT2D eigenvalue weighted by Crippen LogP contribution is -2.01. The van der Waals surface area contributed by atoms with E-state index in [0.29, 0.717) is 6.10 Å². The molecule has 0 atom stereocenters. The van der Waals surface area contributed by atoms with Gasteiger partial charge in [-0.1, -0.05) is 0 Å². The van der Waals surface area contributed by atoms with Crippen molar-refractivity contribution in [1.82, 2.24) is 4.98 Å². The van der Waals surface area contributed by atoms with Crippen molar-refractivity contribution in [3.05, 3.63) is 12.3 Å². The summed E-state index contributed by atoms with van der Waals surface area (Å²) in [7, 11) is 1.88. The number of nitrogens with zero attached hydrogens (tertiary/aromatic N) is 1. The van der Waals surface area contributed by atoms with Crippen molar-refractivity contribution < 1.29 is 4.74 Å². The second kappa shape index (κ2) is 4.09. The molecule has 4 heteroatoms. The van der Waals surface area contributed by atoms with Gasteiger partial charge in [0.25, 0.3) is 0 Å². The van der Waals surface area contributed by atoms with E-state index in [4.69, 9.17) is 4.74 Å². The summed E-state index contributed by atoms with van der Waals surface area (Å²) >= 11 is 1.67. The number of pyridine rings is 1. The molecule has 0 amide bonds. The van der Waals surface area contributed by atoms with Crippen molar-refractivity contribution in [2.24, 2.45) is 0 Å². The Hall–Kier alpha value is -0.900. The Morgan fingerprint density at radius 1 is 1.57 bits per heavy atom. The number of ether oxygens (including phenoxy) is 1. The molecule has 76 valence electrons. The van der Waals surface area contributed by atoms with Crippen LogP contribution in [0.25, 0.3) is 0 Å². The third-order valence-corrected chi connectivity index (χ3v) is 2.93. The molecule has 0 spiro atoms. The van der Waals surface area contributed by atoms with Crippen molar-refractivity contribution >= 4 is 17.6 Å². The smallest absolute Gasteiger partial charge is 0.143 e. The summed E-state index contributed by atoms with van der Waals surface area (Å²) < 4.78 is 5.79. The molecular formula is C10H14N2OS. The van der Waals surface area contributed by atoms with E-state index >= 15 is 0 Å². The van der Waals surface area contributed by atoms with Gasteiger partial charge in [0.1, 0.15) is 11.6 Å². The number of hydrogen-bond acceptors (Lipinski definition) is 4. The van der Waals surface area contributed by atoms with E-state index in [0.717, 1.165) is 16.5 Å². The normalized spacial score (nSPS) is 15.3. The molecule has 0 aliphatic heterocycles. The molecule has 1 fully saturated rings. The van der Waals surface area contributed by atoms with E-state index in [1.54, 1.807) is 18.0 Å². The Labute approximate surface area is 88.3 Å². The van der Waals surface area contributed by atoms with Crippen molar-refractivity contribution in [2.75, 3.05) is 18.6 Å². The Kier molecular flexibility index (Phi) is 2.82. The summed E-state index contributed by atoms with van der Waals surface area (Å²) in [5.41, 5.74) is 0. The Morgan fingerprint density at radius 2 is 2.36 bits per heavy atom. The van der Waals surface area contributed by atoms with Gasteiger partial charge in [0.15, 0.2) is 0 Å². The van der Waals surface area contributed by atoms with Crippen LogP contribution in [-0.4, -0.2) is 24.4 Å². The first-order valence-corrected chi connectivity index (χ1v) is 5.95. The Morgan fingerprint density at radius 3 is 2.93 bits per heavy atom. The number of nitrogens with one attached hydrogen (secondary N) is 1. The summed E-state index contributed by atoms with van der Waals surface area (Å²) in [6.07, 6.45) is 6.63. The van der Waals surface area contributed by atoms with Crippen LogP contribution in [-0.2, 0) is 0 Å². The van der Waals surface area contributed by atoms with Crippen molar-refractivity contribution in [3.8, 4) is 5.75 Å². The summed E-state index contributed by atoms with van der Waals surface area (Å²) in [6.45, 7) is 0. The van der Waals surface area contributed by atoms with Crippen LogP contribution in [0.15, 0.2) is 17.2 Å². The molecule has 0 unspecified atom stereocenters. The fourth-order valence-electron chi connectivity index (χ4n) is 1.26. The number of aromatic nitrogens is 1. The van der Waals surface area contributed by atoms with E-state index in [1.165, 1.54) is 12.8 Å². The number of anilines is 1. The third-order valence-electron chi connectivity index (χ3n) is 2.13. The van der Waals surface area contributed by atoms with Gasteiger partial charge >= 0.3 is 0 Å². The minimum absolute atomic E-state index is 0.438. The average molecular weight is 210 g/mol. The summed E-state index contributed by atoms with van der Waals surface area (Å²) in [6, 6.07) is 1.94. The molecule has 2 rings (SSSR count). The first kappa shape index (κ1) is 9.65. The fraction of sp³-hybridized carbons (Fsp3) is 0.500. The SMILES string of the molecule is CNc1nccc(OC2CC2)c1SC. The van der Waals surface area contributed by atoms with Crippen LogP contribution < -0.4 is 10.1 Å². The van der Waals surface area contributed by atoms with Crippen molar-refractivity contribution in [2.45, 2.75) is 23.8 Å². The summed E-state index contributed by atoms with van der Waals surface area (Å²) in [4.78, 5) is 5.34. The van der Waals surface area contributed by atoms with Crippen LogP contribution in [0.3, 0.4) is 0 Å². The van der Waals surface area contributed by atoms with Crippen LogP contribution in [0.1, 0.15) is 12.8 Å². The number of rotatable bonds is 4. The van der Waals surface area contributed by atoms with Gasteiger partial charge in [-0.25, -0.2) is 4.98 Å². The standard InChI is InChI=1S/C10H14N2OS/c1-11-10-9(14-2)8(5-6-12-10)13-7-3-4-7/h5-7H,3-4H2,1-2H3,(H,11,12).